The third-order valence-electron chi connectivity index (χ3n) is 4.88. The van der Waals surface area contributed by atoms with E-state index in [0.29, 0.717) is 30.0 Å². The highest BCUT2D eigenvalue weighted by Gasteiger charge is 2.34. The molecular weight excluding hydrogens is 467 g/mol. The first-order valence-electron chi connectivity index (χ1n) is 10.4. The number of rotatable bonds is 9. The van der Waals surface area contributed by atoms with E-state index in [2.05, 4.69) is 15.3 Å². The van der Waals surface area contributed by atoms with Gasteiger partial charge in [0, 0.05) is 12.1 Å². The highest BCUT2D eigenvalue weighted by molar-refractivity contribution is 8.00. The number of nitrogens with one attached hydrogen (secondary N) is 1. The van der Waals surface area contributed by atoms with E-state index in [9.17, 15) is 18.0 Å². The number of amides is 1. The van der Waals surface area contributed by atoms with Crippen LogP contribution in [0.1, 0.15) is 18.2 Å². The Hall–Kier alpha value is -3.27. The molecule has 1 aromatic heterocycles. The van der Waals surface area contributed by atoms with Crippen molar-refractivity contribution in [2.45, 2.75) is 29.9 Å². The maximum absolute atomic E-state index is 13.4. The first-order chi connectivity index (χ1) is 16.2. The molecule has 3 rings (SSSR count). The Labute approximate surface area is 199 Å². The van der Waals surface area contributed by atoms with E-state index in [-0.39, 0.29) is 16.8 Å². The van der Waals surface area contributed by atoms with Crippen LogP contribution >= 0.6 is 11.8 Å². The third kappa shape index (κ3) is 6.63. The molecule has 0 aliphatic carbocycles. The van der Waals surface area contributed by atoms with E-state index in [1.165, 1.54) is 0 Å². The molecule has 1 amide bonds. The fourth-order valence-corrected chi connectivity index (χ4v) is 3.91. The van der Waals surface area contributed by atoms with Gasteiger partial charge in [-0.05, 0) is 37.1 Å². The zero-order chi connectivity index (χ0) is 24.7. The van der Waals surface area contributed by atoms with Gasteiger partial charge in [0.15, 0.2) is 16.7 Å². The van der Waals surface area contributed by atoms with Crippen LogP contribution < -0.4 is 14.8 Å². The van der Waals surface area contributed by atoms with Gasteiger partial charge in [-0.2, -0.15) is 13.2 Å². The Morgan fingerprint density at radius 1 is 1.03 bits per heavy atom. The predicted molar refractivity (Wildman–Crippen MR) is 124 cm³/mol. The number of carbonyl (C=O) groups is 1. The second-order valence-corrected chi connectivity index (χ2v) is 8.58. The van der Waals surface area contributed by atoms with Crippen LogP contribution in [0.15, 0.2) is 59.8 Å². The molecule has 0 radical (unpaired) electrons. The minimum atomic E-state index is -4.63. The third-order valence-corrected chi connectivity index (χ3v) is 5.84. The maximum Gasteiger partial charge on any atom is 0.433 e. The van der Waals surface area contributed by atoms with Crippen molar-refractivity contribution in [3.8, 4) is 22.8 Å². The van der Waals surface area contributed by atoms with E-state index >= 15 is 0 Å². The van der Waals surface area contributed by atoms with Crippen LogP contribution in [0.4, 0.5) is 13.2 Å². The molecule has 0 saturated heterocycles. The van der Waals surface area contributed by atoms with Crippen LogP contribution in [-0.4, -0.2) is 41.9 Å². The number of benzene rings is 2. The molecule has 0 unspecified atom stereocenters. The van der Waals surface area contributed by atoms with Gasteiger partial charge in [0.05, 0.1) is 25.2 Å². The monoisotopic (exact) mass is 491 g/mol. The van der Waals surface area contributed by atoms with Crippen molar-refractivity contribution in [3.05, 3.63) is 65.9 Å². The van der Waals surface area contributed by atoms with Crippen molar-refractivity contribution >= 4 is 17.7 Å². The summed E-state index contributed by atoms with van der Waals surface area (Å²) in [6.45, 7) is 1.94. The van der Waals surface area contributed by atoms with Gasteiger partial charge in [-0.1, -0.05) is 48.2 Å². The van der Waals surface area contributed by atoms with Gasteiger partial charge in [-0.25, -0.2) is 9.97 Å². The van der Waals surface area contributed by atoms with Crippen molar-refractivity contribution < 1.29 is 27.4 Å². The van der Waals surface area contributed by atoms with Gasteiger partial charge in [0.2, 0.25) is 5.91 Å². The maximum atomic E-state index is 13.4. The van der Waals surface area contributed by atoms with E-state index in [1.807, 2.05) is 12.1 Å². The summed E-state index contributed by atoms with van der Waals surface area (Å²) in [5.74, 6) is 0.871. The van der Waals surface area contributed by atoms with Crippen LogP contribution in [0.5, 0.6) is 11.5 Å². The van der Waals surface area contributed by atoms with Crippen LogP contribution in [0, 0.1) is 0 Å². The van der Waals surface area contributed by atoms with Crippen molar-refractivity contribution in [1.82, 2.24) is 15.3 Å². The number of alkyl halides is 3. The molecule has 10 heteroatoms. The van der Waals surface area contributed by atoms with Crippen LogP contribution in [0.2, 0.25) is 0 Å². The van der Waals surface area contributed by atoms with Crippen molar-refractivity contribution in [3.63, 3.8) is 0 Å². The predicted octanol–water partition coefficient (Wildman–Crippen LogP) is 5.02. The van der Waals surface area contributed by atoms with Crippen LogP contribution in [0.25, 0.3) is 11.3 Å². The van der Waals surface area contributed by atoms with Gasteiger partial charge in [0.25, 0.3) is 0 Å². The molecular formula is C24H24F3N3O3S. The first-order valence-corrected chi connectivity index (χ1v) is 11.3. The van der Waals surface area contributed by atoms with Gasteiger partial charge in [-0.15, -0.1) is 0 Å². The number of aromatic nitrogens is 2. The number of halogens is 3. The number of nitrogens with zero attached hydrogens (tertiary/aromatic N) is 2. The zero-order valence-corrected chi connectivity index (χ0v) is 19.7. The van der Waals surface area contributed by atoms with Crippen LogP contribution in [-0.2, 0) is 17.4 Å². The zero-order valence-electron chi connectivity index (χ0n) is 18.8. The molecule has 3 aromatic rings. The first kappa shape index (κ1) is 25.4. The quantitative estimate of drug-likeness (QED) is 0.335. The number of ether oxygens (including phenoxy) is 2. The largest absolute Gasteiger partial charge is 0.493 e. The number of carbonyl (C=O) groups excluding carboxylic acids is 1. The van der Waals surface area contributed by atoms with Gasteiger partial charge in [0.1, 0.15) is 5.69 Å². The summed E-state index contributed by atoms with van der Waals surface area (Å²) < 4.78 is 50.7. The molecule has 6 nitrogen and oxygen atoms in total. The SMILES string of the molecule is COc1ccc(CCNC(=O)[C@H](C)Sc2nc(-c3ccccc3)cc(C(F)(F)F)n2)cc1OC. The number of hydrogen-bond acceptors (Lipinski definition) is 6. The highest BCUT2D eigenvalue weighted by atomic mass is 32.2. The Balaban J connectivity index is 1.66. The lowest BCUT2D eigenvalue weighted by atomic mass is 10.1. The molecule has 0 aliphatic rings. The lowest BCUT2D eigenvalue weighted by molar-refractivity contribution is -0.141. The Morgan fingerprint density at radius 3 is 2.38 bits per heavy atom. The van der Waals surface area contributed by atoms with Crippen molar-refractivity contribution in [1.29, 1.82) is 0 Å². The molecule has 2 aromatic carbocycles. The van der Waals surface area contributed by atoms with E-state index in [4.69, 9.17) is 9.47 Å². The Kier molecular flexibility index (Phi) is 8.38. The molecule has 1 N–H and O–H groups in total. The van der Waals surface area contributed by atoms with Gasteiger partial charge in [-0.3, -0.25) is 4.79 Å². The average molecular weight is 492 g/mol. The average Bonchev–Trinajstić information content (AvgIpc) is 2.83. The second kappa shape index (κ2) is 11.2. The summed E-state index contributed by atoms with van der Waals surface area (Å²) in [5.41, 5.74) is 0.563. The van der Waals surface area contributed by atoms with E-state index in [0.717, 1.165) is 23.4 Å². The Morgan fingerprint density at radius 2 is 1.74 bits per heavy atom. The number of methoxy groups -OCH3 is 2. The molecule has 0 bridgehead atoms. The van der Waals surface area contributed by atoms with E-state index < -0.39 is 17.1 Å². The van der Waals surface area contributed by atoms with Crippen molar-refractivity contribution in [2.24, 2.45) is 0 Å². The summed E-state index contributed by atoms with van der Waals surface area (Å²) in [5, 5.41) is 1.99. The lowest BCUT2D eigenvalue weighted by Gasteiger charge is -2.14. The molecule has 0 spiro atoms. The molecule has 0 fully saturated rings. The molecule has 1 atom stereocenters. The molecule has 1 heterocycles. The summed E-state index contributed by atoms with van der Waals surface area (Å²) >= 11 is 0.877. The summed E-state index contributed by atoms with van der Waals surface area (Å²) in [6.07, 6.45) is -4.09. The van der Waals surface area contributed by atoms with Crippen molar-refractivity contribution in [2.75, 3.05) is 20.8 Å². The number of thioether (sulfide) groups is 1. The summed E-state index contributed by atoms with van der Waals surface area (Å²) in [4.78, 5) is 20.4. The van der Waals surface area contributed by atoms with E-state index in [1.54, 1.807) is 57.5 Å². The summed E-state index contributed by atoms with van der Waals surface area (Å²) in [7, 11) is 3.09. The molecule has 34 heavy (non-hydrogen) atoms. The minimum Gasteiger partial charge on any atom is -0.493 e. The molecule has 0 saturated carbocycles. The second-order valence-electron chi connectivity index (χ2n) is 7.28. The Bertz CT molecular complexity index is 1130. The molecule has 0 aliphatic heterocycles. The molecule has 180 valence electrons. The topological polar surface area (TPSA) is 73.3 Å². The smallest absolute Gasteiger partial charge is 0.433 e. The number of hydrogen-bond donors (Lipinski definition) is 1. The summed E-state index contributed by atoms with van der Waals surface area (Å²) in [6, 6.07) is 14.9. The standard InChI is InChI=1S/C24H24F3N3O3S/c1-15(22(31)28-12-11-16-9-10-19(32-2)20(13-16)33-3)34-23-29-18(17-7-5-4-6-8-17)14-21(30-23)24(25,26)27/h4-10,13-15H,11-12H2,1-3H3,(H,28,31)/t15-/m0/s1. The fourth-order valence-electron chi connectivity index (χ4n) is 3.10. The van der Waals surface area contributed by atoms with Crippen LogP contribution in [0.3, 0.4) is 0 Å². The van der Waals surface area contributed by atoms with Gasteiger partial charge >= 0.3 is 6.18 Å². The fraction of sp³-hybridized carbons (Fsp3) is 0.292. The minimum absolute atomic E-state index is 0.115. The normalized spacial score (nSPS) is 12.2. The highest BCUT2D eigenvalue weighted by Crippen LogP contribution is 2.33. The lowest BCUT2D eigenvalue weighted by Crippen LogP contribution is -2.32. The van der Waals surface area contributed by atoms with Gasteiger partial charge < -0.3 is 14.8 Å².